The molecule has 0 fully saturated rings. The molecule has 1 aliphatic heterocycles. The predicted molar refractivity (Wildman–Crippen MR) is 141 cm³/mol. The van der Waals surface area contributed by atoms with Crippen molar-refractivity contribution in [3.8, 4) is 5.75 Å². The molecule has 1 aliphatic rings. The zero-order valence-electron chi connectivity index (χ0n) is 21.4. The number of hydrogen-bond donors (Lipinski definition) is 2. The van der Waals surface area contributed by atoms with Crippen LogP contribution in [0.3, 0.4) is 0 Å². The molecule has 1 unspecified atom stereocenters. The first kappa shape index (κ1) is 25.8. The molecule has 4 rings (SSSR count). The molecule has 11 nitrogen and oxygen atoms in total. The number of hydrazine groups is 1. The van der Waals surface area contributed by atoms with Gasteiger partial charge in [0.2, 0.25) is 0 Å². The number of carbonyl (C=O) groups excluding carboxylic acids is 3. The number of pyridine rings is 1. The minimum absolute atomic E-state index is 0.0677. The lowest BCUT2D eigenvalue weighted by molar-refractivity contribution is -0.117. The molecule has 2 amide bonds. The van der Waals surface area contributed by atoms with Gasteiger partial charge in [0.05, 0.1) is 29.8 Å². The van der Waals surface area contributed by atoms with E-state index in [4.69, 9.17) is 4.74 Å². The Morgan fingerprint density at radius 1 is 1.19 bits per heavy atom. The van der Waals surface area contributed by atoms with Gasteiger partial charge < -0.3 is 19.9 Å². The minimum atomic E-state index is -0.765. The number of methoxy groups -OCH3 is 1. The molecule has 2 aromatic heterocycles. The number of ether oxygens (including phenoxy) is 1. The van der Waals surface area contributed by atoms with Gasteiger partial charge in [0, 0.05) is 38.4 Å². The lowest BCUT2D eigenvalue weighted by atomic mass is 10.1. The van der Waals surface area contributed by atoms with Crippen molar-refractivity contribution >= 4 is 40.7 Å². The van der Waals surface area contributed by atoms with Gasteiger partial charge in [-0.25, -0.2) is 9.99 Å². The molecule has 3 aromatic rings. The first-order chi connectivity index (χ1) is 17.9. The molecule has 0 radical (unpaired) electrons. The van der Waals surface area contributed by atoms with Crippen molar-refractivity contribution in [3.63, 3.8) is 0 Å². The van der Waals surface area contributed by atoms with E-state index in [1.165, 1.54) is 19.5 Å². The van der Waals surface area contributed by atoms with Gasteiger partial charge in [0.25, 0.3) is 17.6 Å². The van der Waals surface area contributed by atoms with Crippen molar-refractivity contribution < 1.29 is 19.1 Å². The van der Waals surface area contributed by atoms with E-state index >= 15 is 0 Å². The fraction of sp³-hybridized carbons (Fsp3) is 0.346. The number of anilines is 1. The maximum atomic E-state index is 13.2. The molecule has 194 valence electrons. The van der Waals surface area contributed by atoms with Crippen LogP contribution in [0, 0.1) is 0 Å². The molecule has 0 bridgehead atoms. The van der Waals surface area contributed by atoms with E-state index in [9.17, 15) is 14.4 Å². The fourth-order valence-corrected chi connectivity index (χ4v) is 4.19. The lowest BCUT2D eigenvalue weighted by Crippen LogP contribution is -2.40. The Labute approximate surface area is 215 Å². The van der Waals surface area contributed by atoms with E-state index in [1.54, 1.807) is 28.4 Å². The van der Waals surface area contributed by atoms with Gasteiger partial charge in [0.15, 0.2) is 5.82 Å². The molecular weight excluding hydrogens is 474 g/mol. The highest BCUT2D eigenvalue weighted by Crippen LogP contribution is 2.35. The molecular formula is C26H31N7O4. The van der Waals surface area contributed by atoms with Crippen molar-refractivity contribution in [1.29, 1.82) is 0 Å². The van der Waals surface area contributed by atoms with Crippen LogP contribution in [0.15, 0.2) is 47.7 Å². The molecule has 37 heavy (non-hydrogen) atoms. The normalized spacial score (nSPS) is 15.2. The number of nitrogens with one attached hydrogen (secondary N) is 2. The monoisotopic (exact) mass is 505 g/mol. The van der Waals surface area contributed by atoms with Crippen LogP contribution in [0.2, 0.25) is 0 Å². The molecule has 3 heterocycles. The Morgan fingerprint density at radius 3 is 2.59 bits per heavy atom. The topological polar surface area (TPSA) is 123 Å². The Morgan fingerprint density at radius 2 is 1.95 bits per heavy atom. The summed E-state index contributed by atoms with van der Waals surface area (Å²) in [5.41, 5.74) is 1.30. The number of Topliss-reactive ketones (excluding diaryl/α,β-unsaturated/α-hetero) is 1. The number of nitrogens with zero attached hydrogens (tertiary/aromatic N) is 5. The zero-order valence-corrected chi connectivity index (χ0v) is 21.4. The summed E-state index contributed by atoms with van der Waals surface area (Å²) in [4.78, 5) is 52.4. The van der Waals surface area contributed by atoms with Crippen molar-refractivity contribution in [1.82, 2.24) is 25.2 Å². The number of hydrogen-bond acceptors (Lipinski definition) is 8. The zero-order chi connectivity index (χ0) is 26.5. The Balaban J connectivity index is 1.49. The summed E-state index contributed by atoms with van der Waals surface area (Å²) < 4.78 is 5.45. The summed E-state index contributed by atoms with van der Waals surface area (Å²) in [6.45, 7) is 4.89. The third-order valence-corrected chi connectivity index (χ3v) is 6.28. The van der Waals surface area contributed by atoms with Crippen LogP contribution in [0.5, 0.6) is 5.75 Å². The number of amides is 2. The van der Waals surface area contributed by atoms with E-state index < -0.39 is 11.7 Å². The van der Waals surface area contributed by atoms with E-state index in [0.717, 1.165) is 6.42 Å². The van der Waals surface area contributed by atoms with Crippen molar-refractivity contribution in [2.45, 2.75) is 26.4 Å². The highest BCUT2D eigenvalue weighted by atomic mass is 16.5. The first-order valence-corrected chi connectivity index (χ1v) is 12.1. The second kappa shape index (κ2) is 11.2. The van der Waals surface area contributed by atoms with Crippen LogP contribution in [0.25, 0.3) is 10.9 Å². The number of H-pyrrole nitrogens is 1. The third kappa shape index (κ3) is 5.17. The smallest absolute Gasteiger partial charge is 0.292 e. The van der Waals surface area contributed by atoms with Crippen molar-refractivity contribution in [3.05, 3.63) is 53.9 Å². The van der Waals surface area contributed by atoms with Gasteiger partial charge in [-0.05, 0) is 25.5 Å². The van der Waals surface area contributed by atoms with Gasteiger partial charge in [-0.3, -0.25) is 19.4 Å². The van der Waals surface area contributed by atoms with Crippen molar-refractivity contribution in [2.75, 3.05) is 38.8 Å². The molecule has 1 atom stereocenters. The van der Waals surface area contributed by atoms with Gasteiger partial charge in [-0.15, -0.1) is 0 Å². The number of rotatable bonds is 10. The summed E-state index contributed by atoms with van der Waals surface area (Å²) in [5.74, 6) is -0.700. The number of carbonyl (C=O) groups is 3. The highest BCUT2D eigenvalue weighted by molar-refractivity contribution is 6.45. The minimum Gasteiger partial charge on any atom is -0.494 e. The second-order valence-corrected chi connectivity index (χ2v) is 8.66. The van der Waals surface area contributed by atoms with Crippen LogP contribution >= 0.6 is 0 Å². The largest absolute Gasteiger partial charge is 0.494 e. The van der Waals surface area contributed by atoms with Crippen LogP contribution < -0.4 is 15.1 Å². The SMILES string of the molecule is CCCN(CCNC(=O)C(=O)c1c[nH]c2c(N3C=NC(C)N3C)ncc(OC)c12)C(=O)c1ccccc1. The number of benzene rings is 1. The molecule has 1 aromatic carbocycles. The highest BCUT2D eigenvalue weighted by Gasteiger charge is 2.29. The van der Waals surface area contributed by atoms with Gasteiger partial charge >= 0.3 is 0 Å². The molecule has 0 saturated carbocycles. The van der Waals surface area contributed by atoms with Gasteiger partial charge in [0.1, 0.15) is 18.3 Å². The summed E-state index contributed by atoms with van der Waals surface area (Å²) >= 11 is 0. The first-order valence-electron chi connectivity index (χ1n) is 12.1. The number of aromatic nitrogens is 2. The maximum absolute atomic E-state index is 13.2. The summed E-state index contributed by atoms with van der Waals surface area (Å²) in [6.07, 6.45) is 5.36. The quantitative estimate of drug-likeness (QED) is 0.320. The predicted octanol–water partition coefficient (Wildman–Crippen LogP) is 2.46. The van der Waals surface area contributed by atoms with Crippen LogP contribution in [0.4, 0.5) is 5.82 Å². The van der Waals surface area contributed by atoms with Crippen LogP contribution in [-0.4, -0.2) is 83.8 Å². The summed E-state index contributed by atoms with van der Waals surface area (Å²) in [6, 6.07) is 8.98. The molecule has 2 N–H and O–H groups in total. The van der Waals surface area contributed by atoms with Gasteiger partial charge in [-0.2, -0.15) is 5.01 Å². The van der Waals surface area contributed by atoms with E-state index in [1.807, 2.05) is 44.1 Å². The lowest BCUT2D eigenvalue weighted by Gasteiger charge is -2.25. The number of fused-ring (bicyclic) bond motifs is 1. The Bertz CT molecular complexity index is 1320. The van der Waals surface area contributed by atoms with E-state index in [2.05, 4.69) is 20.3 Å². The standard InChI is InChI=1S/C26H31N7O4/c1-5-12-32(26(36)18-9-7-6-8-10-18)13-11-27-25(35)23(34)19-14-28-22-21(19)20(37-4)15-29-24(22)33-16-30-17(2)31(33)3/h6-10,14-17,28H,5,11-13H2,1-4H3,(H,27,35). The fourth-order valence-electron chi connectivity index (χ4n) is 4.19. The van der Waals surface area contributed by atoms with E-state index in [0.29, 0.717) is 34.6 Å². The number of aliphatic imine (C=N–C) groups is 1. The average Bonchev–Trinajstić information content (AvgIpc) is 3.51. The molecule has 0 spiro atoms. The van der Waals surface area contributed by atoms with Crippen molar-refractivity contribution in [2.24, 2.45) is 4.99 Å². The van der Waals surface area contributed by atoms with Crippen LogP contribution in [0.1, 0.15) is 41.0 Å². The Hall–Kier alpha value is -4.25. The summed E-state index contributed by atoms with van der Waals surface area (Å²) in [7, 11) is 3.36. The molecule has 11 heteroatoms. The molecule has 0 aliphatic carbocycles. The third-order valence-electron chi connectivity index (χ3n) is 6.28. The second-order valence-electron chi connectivity index (χ2n) is 8.66. The molecule has 0 saturated heterocycles. The number of ketones is 1. The van der Waals surface area contributed by atoms with Crippen LogP contribution in [-0.2, 0) is 4.79 Å². The Kier molecular flexibility index (Phi) is 7.83. The number of aromatic amines is 1. The van der Waals surface area contributed by atoms with Gasteiger partial charge in [-0.1, -0.05) is 25.1 Å². The summed E-state index contributed by atoms with van der Waals surface area (Å²) in [5, 5.41) is 6.78. The maximum Gasteiger partial charge on any atom is 0.292 e. The average molecular weight is 506 g/mol. The van der Waals surface area contributed by atoms with E-state index in [-0.39, 0.29) is 30.7 Å².